The molecule has 13 nitrogen and oxygen atoms in total. The molecule has 0 bridgehead atoms. The summed E-state index contributed by atoms with van der Waals surface area (Å²) in [5, 5.41) is 30.0. The Morgan fingerprint density at radius 3 is 2.11 bits per heavy atom. The molecule has 5 N–H and O–H groups in total. The zero-order valence-corrected chi connectivity index (χ0v) is 20.4. The molecule has 0 aliphatic heterocycles. The molecule has 0 saturated heterocycles. The van der Waals surface area contributed by atoms with Gasteiger partial charge in [0.25, 0.3) is 5.69 Å². The lowest BCUT2D eigenvalue weighted by atomic mass is 10.0. The molecule has 4 amide bonds. The highest BCUT2D eigenvalue weighted by atomic mass is 16.6. The fourth-order valence-electron chi connectivity index (χ4n) is 2.78. The quantitative estimate of drug-likeness (QED) is 0.222. The Labute approximate surface area is 203 Å². The number of anilines is 1. The summed E-state index contributed by atoms with van der Waals surface area (Å²) in [6.45, 7) is 7.52. The third-order valence-electron chi connectivity index (χ3n) is 4.31. The number of ether oxygens (including phenoxy) is 1. The fraction of sp³-hybridized carbons (Fsp3) is 0.545. The van der Waals surface area contributed by atoms with Crippen molar-refractivity contribution in [3.05, 3.63) is 34.4 Å². The molecule has 0 fully saturated rings. The van der Waals surface area contributed by atoms with E-state index in [1.807, 2.05) is 13.8 Å². The highest BCUT2D eigenvalue weighted by molar-refractivity contribution is 5.98. The Morgan fingerprint density at radius 1 is 1.03 bits per heavy atom. The van der Waals surface area contributed by atoms with Crippen LogP contribution < -0.4 is 21.3 Å². The number of nitro groups is 1. The second-order valence-corrected chi connectivity index (χ2v) is 9.14. The monoisotopic (exact) mass is 495 g/mol. The van der Waals surface area contributed by atoms with E-state index < -0.39 is 59.6 Å². The summed E-state index contributed by atoms with van der Waals surface area (Å²) < 4.78 is 5.05. The number of nitro benzene ring substituents is 1. The average Bonchev–Trinajstić information content (AvgIpc) is 2.74. The van der Waals surface area contributed by atoms with Crippen molar-refractivity contribution in [1.82, 2.24) is 16.0 Å². The molecule has 1 rings (SSSR count). The number of non-ortho nitro benzene ring substituents is 1. The molecule has 2 unspecified atom stereocenters. The Hall–Kier alpha value is -3.74. The van der Waals surface area contributed by atoms with Gasteiger partial charge in [0.05, 0.1) is 11.5 Å². The van der Waals surface area contributed by atoms with E-state index in [-0.39, 0.29) is 23.7 Å². The van der Waals surface area contributed by atoms with Crippen molar-refractivity contribution in [3.63, 3.8) is 0 Å². The van der Waals surface area contributed by atoms with Crippen LogP contribution >= 0.6 is 0 Å². The predicted octanol–water partition coefficient (Wildman–Crippen LogP) is 1.07. The molecule has 0 saturated carbocycles. The summed E-state index contributed by atoms with van der Waals surface area (Å²) in [5.74, 6) is -2.11. The van der Waals surface area contributed by atoms with Crippen molar-refractivity contribution in [2.45, 2.75) is 58.7 Å². The van der Waals surface area contributed by atoms with Gasteiger partial charge in [0, 0.05) is 17.8 Å². The van der Waals surface area contributed by atoms with Gasteiger partial charge in [-0.1, -0.05) is 13.8 Å². The van der Waals surface area contributed by atoms with Gasteiger partial charge >= 0.3 is 6.09 Å². The van der Waals surface area contributed by atoms with E-state index in [1.165, 1.54) is 24.3 Å². The standard InChI is InChI=1S/C22H33N5O8/c1-13(2)10-16(25-18(29)11-23-21(32)35-22(3,4)5)19(30)26-17(12-28)20(31)24-14-6-8-15(9-7-14)27(33)34/h6-9,13,16-17,28H,10-12H2,1-5H3,(H,23,32)(H,24,31)(H,25,29)(H,26,30). The lowest BCUT2D eigenvalue weighted by Gasteiger charge is -2.23. The highest BCUT2D eigenvalue weighted by Gasteiger charge is 2.27. The van der Waals surface area contributed by atoms with Gasteiger partial charge in [-0.15, -0.1) is 0 Å². The second kappa shape index (κ2) is 13.2. The van der Waals surface area contributed by atoms with Gasteiger partial charge in [0.2, 0.25) is 17.7 Å². The Kier molecular flexibility index (Phi) is 11.1. The van der Waals surface area contributed by atoms with E-state index in [2.05, 4.69) is 21.3 Å². The van der Waals surface area contributed by atoms with E-state index in [4.69, 9.17) is 4.74 Å². The first kappa shape index (κ1) is 29.3. The van der Waals surface area contributed by atoms with Crippen LogP contribution in [0.1, 0.15) is 41.0 Å². The number of carbonyl (C=O) groups is 4. The number of aliphatic hydroxyl groups excluding tert-OH is 1. The van der Waals surface area contributed by atoms with E-state index in [0.29, 0.717) is 0 Å². The van der Waals surface area contributed by atoms with Gasteiger partial charge in [-0.2, -0.15) is 0 Å². The van der Waals surface area contributed by atoms with Crippen LogP contribution in [-0.2, 0) is 19.1 Å². The molecular weight excluding hydrogens is 462 g/mol. The van der Waals surface area contributed by atoms with Gasteiger partial charge < -0.3 is 31.1 Å². The number of rotatable bonds is 11. The molecule has 1 aromatic rings. The number of alkyl carbamates (subject to hydrolysis) is 1. The molecule has 0 aliphatic rings. The minimum Gasteiger partial charge on any atom is -0.444 e. The Bertz CT molecular complexity index is 911. The Balaban J connectivity index is 2.75. The first-order valence-corrected chi connectivity index (χ1v) is 10.9. The first-order valence-electron chi connectivity index (χ1n) is 10.9. The first-order chi connectivity index (χ1) is 16.2. The summed E-state index contributed by atoms with van der Waals surface area (Å²) in [4.78, 5) is 59.4. The summed E-state index contributed by atoms with van der Waals surface area (Å²) in [6.07, 6.45) is -0.563. The van der Waals surface area contributed by atoms with Crippen molar-refractivity contribution in [3.8, 4) is 0 Å². The average molecular weight is 496 g/mol. The van der Waals surface area contributed by atoms with E-state index in [9.17, 15) is 34.4 Å². The minimum absolute atomic E-state index is 0.00798. The lowest BCUT2D eigenvalue weighted by Crippen LogP contribution is -2.55. The fourth-order valence-corrected chi connectivity index (χ4v) is 2.78. The summed E-state index contributed by atoms with van der Waals surface area (Å²) in [7, 11) is 0. The molecule has 0 spiro atoms. The van der Waals surface area contributed by atoms with Gasteiger partial charge in [-0.3, -0.25) is 24.5 Å². The van der Waals surface area contributed by atoms with Crippen LogP contribution in [0, 0.1) is 16.0 Å². The number of amides is 4. The molecule has 1 aromatic carbocycles. The van der Waals surface area contributed by atoms with Crippen LogP contribution in [0.2, 0.25) is 0 Å². The van der Waals surface area contributed by atoms with E-state index in [0.717, 1.165) is 0 Å². The van der Waals surface area contributed by atoms with Gasteiger partial charge in [0.15, 0.2) is 0 Å². The molecular formula is C22H33N5O8. The largest absolute Gasteiger partial charge is 0.444 e. The minimum atomic E-state index is -1.34. The number of hydrogen-bond donors (Lipinski definition) is 5. The van der Waals surface area contributed by atoms with Crippen molar-refractivity contribution in [1.29, 1.82) is 0 Å². The summed E-state index contributed by atoms with van der Waals surface area (Å²) >= 11 is 0. The molecule has 13 heteroatoms. The van der Waals surface area contributed by atoms with Crippen LogP contribution in [0.25, 0.3) is 0 Å². The maximum Gasteiger partial charge on any atom is 0.408 e. The molecule has 35 heavy (non-hydrogen) atoms. The predicted molar refractivity (Wildman–Crippen MR) is 126 cm³/mol. The zero-order valence-electron chi connectivity index (χ0n) is 20.4. The molecule has 0 aliphatic carbocycles. The maximum atomic E-state index is 12.8. The van der Waals surface area contributed by atoms with Crippen LogP contribution in [0.5, 0.6) is 0 Å². The van der Waals surface area contributed by atoms with E-state index in [1.54, 1.807) is 20.8 Å². The number of benzene rings is 1. The third-order valence-corrected chi connectivity index (χ3v) is 4.31. The van der Waals surface area contributed by atoms with Crippen molar-refractivity contribution in [2.75, 3.05) is 18.5 Å². The number of nitrogens with one attached hydrogen (secondary N) is 4. The number of carbonyl (C=O) groups excluding carboxylic acids is 4. The van der Waals surface area contributed by atoms with Crippen LogP contribution in [-0.4, -0.2) is 64.7 Å². The number of hydrogen-bond acceptors (Lipinski definition) is 8. The smallest absolute Gasteiger partial charge is 0.408 e. The van der Waals surface area contributed by atoms with Crippen molar-refractivity contribution in [2.24, 2.45) is 5.92 Å². The van der Waals surface area contributed by atoms with Crippen LogP contribution in [0.3, 0.4) is 0 Å². The Morgan fingerprint density at radius 2 is 1.63 bits per heavy atom. The highest BCUT2D eigenvalue weighted by Crippen LogP contribution is 2.15. The van der Waals surface area contributed by atoms with Gasteiger partial charge in [-0.05, 0) is 45.2 Å². The SMILES string of the molecule is CC(C)CC(NC(=O)CNC(=O)OC(C)(C)C)C(=O)NC(CO)C(=O)Nc1ccc([N+](=O)[O-])cc1. The lowest BCUT2D eigenvalue weighted by molar-refractivity contribution is -0.384. The molecule has 0 radical (unpaired) electrons. The van der Waals surface area contributed by atoms with Crippen LogP contribution in [0.4, 0.5) is 16.2 Å². The van der Waals surface area contributed by atoms with Gasteiger partial charge in [0.1, 0.15) is 24.2 Å². The number of nitrogens with zero attached hydrogens (tertiary/aromatic N) is 1. The third kappa shape index (κ3) is 11.3. The van der Waals surface area contributed by atoms with E-state index >= 15 is 0 Å². The van der Waals surface area contributed by atoms with Crippen LogP contribution in [0.15, 0.2) is 24.3 Å². The molecule has 0 heterocycles. The maximum absolute atomic E-state index is 12.8. The molecule has 2 atom stereocenters. The van der Waals surface area contributed by atoms with Gasteiger partial charge in [-0.25, -0.2) is 4.79 Å². The number of aliphatic hydroxyl groups is 1. The summed E-state index contributed by atoms with van der Waals surface area (Å²) in [6, 6.07) is 2.63. The normalized spacial score (nSPS) is 12.8. The molecule has 0 aromatic heterocycles. The summed E-state index contributed by atoms with van der Waals surface area (Å²) in [5.41, 5.74) is -0.674. The van der Waals surface area contributed by atoms with Crippen molar-refractivity contribution >= 4 is 35.2 Å². The zero-order chi connectivity index (χ0) is 26.8. The second-order valence-electron chi connectivity index (χ2n) is 9.14. The topological polar surface area (TPSA) is 189 Å². The molecule has 194 valence electrons. The van der Waals surface area contributed by atoms with Crippen molar-refractivity contribution < 1.29 is 33.9 Å².